The molecule has 3 atom stereocenters. The Hall–Kier alpha value is -2.70. The van der Waals surface area contributed by atoms with Crippen molar-refractivity contribution >= 4 is 11.9 Å². The van der Waals surface area contributed by atoms with Crippen molar-refractivity contribution in [2.24, 2.45) is 11.8 Å². The number of halogens is 1. The number of carboxylic acid groups (broad SMARTS) is 1. The number of carboxylic acids is 1. The molecule has 1 saturated carbocycles. The van der Waals surface area contributed by atoms with E-state index in [4.69, 9.17) is 5.11 Å². The first-order valence-electron chi connectivity index (χ1n) is 7.72. The van der Waals surface area contributed by atoms with Crippen molar-refractivity contribution in [2.75, 3.05) is 0 Å². The Morgan fingerprint density at radius 2 is 2.00 bits per heavy atom. The molecule has 1 aromatic carbocycles. The maximum atomic E-state index is 13.0. The molecule has 1 aliphatic carbocycles. The summed E-state index contributed by atoms with van der Waals surface area (Å²) in [5.41, 5.74) is 2.40. The van der Waals surface area contributed by atoms with Crippen LogP contribution in [0.15, 0.2) is 30.5 Å². The number of rotatable bonds is 5. The highest BCUT2D eigenvalue weighted by molar-refractivity contribution is 5.89. The van der Waals surface area contributed by atoms with Crippen molar-refractivity contribution in [3.8, 4) is 5.69 Å². The lowest BCUT2D eigenvalue weighted by Gasteiger charge is -2.14. The van der Waals surface area contributed by atoms with E-state index in [0.717, 1.165) is 16.9 Å². The molecule has 0 saturated heterocycles. The van der Waals surface area contributed by atoms with E-state index in [9.17, 15) is 14.0 Å². The average molecular weight is 331 g/mol. The molecule has 1 aliphatic rings. The van der Waals surface area contributed by atoms with Gasteiger partial charge in [0.15, 0.2) is 0 Å². The average Bonchev–Trinajstić information content (AvgIpc) is 3.25. The number of benzene rings is 1. The van der Waals surface area contributed by atoms with Crippen LogP contribution in [0.5, 0.6) is 0 Å². The number of aliphatic carboxylic acids is 1. The molecule has 0 radical (unpaired) electrons. The Balaban J connectivity index is 1.72. The van der Waals surface area contributed by atoms with Gasteiger partial charge in [0.2, 0.25) is 5.91 Å². The molecule has 0 unspecified atom stereocenters. The molecule has 0 bridgehead atoms. The number of carbonyl (C=O) groups excluding carboxylic acids is 1. The highest BCUT2D eigenvalue weighted by Gasteiger charge is 2.48. The summed E-state index contributed by atoms with van der Waals surface area (Å²) in [5, 5.41) is 16.0. The molecule has 1 amide bonds. The number of nitrogens with zero attached hydrogens (tertiary/aromatic N) is 2. The lowest BCUT2D eigenvalue weighted by Crippen LogP contribution is -2.29. The highest BCUT2D eigenvalue weighted by Crippen LogP contribution is 2.39. The Morgan fingerprint density at radius 3 is 2.58 bits per heavy atom. The van der Waals surface area contributed by atoms with Gasteiger partial charge in [-0.1, -0.05) is 0 Å². The van der Waals surface area contributed by atoms with Gasteiger partial charge < -0.3 is 10.4 Å². The number of amides is 1. The van der Waals surface area contributed by atoms with Crippen LogP contribution in [0.2, 0.25) is 0 Å². The third-order valence-electron chi connectivity index (χ3n) is 4.39. The van der Waals surface area contributed by atoms with E-state index >= 15 is 0 Å². The smallest absolute Gasteiger partial charge is 0.307 e. The minimum atomic E-state index is -0.928. The maximum absolute atomic E-state index is 13.0. The number of hydrogen-bond donors (Lipinski definition) is 2. The fourth-order valence-corrected chi connectivity index (χ4v) is 2.85. The van der Waals surface area contributed by atoms with Crippen molar-refractivity contribution < 1.29 is 19.1 Å². The maximum Gasteiger partial charge on any atom is 0.307 e. The van der Waals surface area contributed by atoms with Crippen molar-refractivity contribution in [3.63, 3.8) is 0 Å². The first-order valence-corrected chi connectivity index (χ1v) is 7.72. The minimum Gasteiger partial charge on any atom is -0.481 e. The molecule has 0 aliphatic heterocycles. The summed E-state index contributed by atoms with van der Waals surface area (Å²) in [6.45, 7) is 3.70. The standard InChI is InChI=1S/C17H18FN3O3/c1-9(20-16(22)13-7-14(13)17(23)24)15-8-19-21(10(15)2)12-5-3-11(18)4-6-12/h3-6,8-9,13-14H,7H2,1-2H3,(H,20,22)(H,23,24)/t9-,13-,14+/m0/s1. The molecule has 24 heavy (non-hydrogen) atoms. The van der Waals surface area contributed by atoms with Crippen molar-refractivity contribution in [1.29, 1.82) is 0 Å². The van der Waals surface area contributed by atoms with Crippen LogP contribution in [-0.2, 0) is 9.59 Å². The number of aromatic nitrogens is 2. The Morgan fingerprint density at radius 1 is 1.33 bits per heavy atom. The van der Waals surface area contributed by atoms with Crippen LogP contribution < -0.4 is 5.32 Å². The first kappa shape index (κ1) is 16.2. The topological polar surface area (TPSA) is 84.2 Å². The SMILES string of the molecule is Cc1c([C@H](C)NC(=O)[C@H]2C[C@H]2C(=O)O)cnn1-c1ccc(F)cc1. The lowest BCUT2D eigenvalue weighted by molar-refractivity contribution is -0.140. The zero-order valence-electron chi connectivity index (χ0n) is 13.4. The molecule has 1 heterocycles. The third-order valence-corrected chi connectivity index (χ3v) is 4.39. The van der Waals surface area contributed by atoms with Gasteiger partial charge in [-0.2, -0.15) is 5.10 Å². The van der Waals surface area contributed by atoms with E-state index in [-0.39, 0.29) is 17.8 Å². The molecule has 1 fully saturated rings. The number of nitrogens with one attached hydrogen (secondary N) is 1. The lowest BCUT2D eigenvalue weighted by atomic mass is 10.1. The zero-order chi connectivity index (χ0) is 17.4. The van der Waals surface area contributed by atoms with Gasteiger partial charge in [0, 0.05) is 11.3 Å². The molecular formula is C17H18FN3O3. The summed E-state index contributed by atoms with van der Waals surface area (Å²) < 4.78 is 14.7. The van der Waals surface area contributed by atoms with Crippen LogP contribution in [0.1, 0.15) is 30.6 Å². The van der Waals surface area contributed by atoms with Gasteiger partial charge in [-0.05, 0) is 44.5 Å². The Labute approximate surface area is 138 Å². The predicted molar refractivity (Wildman–Crippen MR) is 84.0 cm³/mol. The summed E-state index contributed by atoms with van der Waals surface area (Å²) in [5.74, 6) is -2.51. The summed E-state index contributed by atoms with van der Waals surface area (Å²) in [7, 11) is 0. The summed E-state index contributed by atoms with van der Waals surface area (Å²) in [6.07, 6.45) is 2.05. The van der Waals surface area contributed by atoms with Crippen LogP contribution in [0.4, 0.5) is 4.39 Å². The fraction of sp³-hybridized carbons (Fsp3) is 0.353. The first-order chi connectivity index (χ1) is 11.4. The molecule has 126 valence electrons. The van der Waals surface area contributed by atoms with E-state index in [2.05, 4.69) is 10.4 Å². The van der Waals surface area contributed by atoms with Gasteiger partial charge in [0.1, 0.15) is 5.82 Å². The summed E-state index contributed by atoms with van der Waals surface area (Å²) in [6, 6.07) is 5.69. The second-order valence-electron chi connectivity index (χ2n) is 6.09. The Kier molecular flexibility index (Phi) is 4.09. The highest BCUT2D eigenvalue weighted by atomic mass is 19.1. The van der Waals surface area contributed by atoms with Crippen molar-refractivity contribution in [1.82, 2.24) is 15.1 Å². The van der Waals surface area contributed by atoms with Crippen LogP contribution in [0.3, 0.4) is 0 Å². The van der Waals surface area contributed by atoms with Gasteiger partial charge in [-0.15, -0.1) is 0 Å². The molecule has 0 spiro atoms. The van der Waals surface area contributed by atoms with Crippen LogP contribution in [-0.4, -0.2) is 26.8 Å². The van der Waals surface area contributed by atoms with Gasteiger partial charge in [0.25, 0.3) is 0 Å². The monoisotopic (exact) mass is 331 g/mol. The van der Waals surface area contributed by atoms with Crippen LogP contribution in [0, 0.1) is 24.6 Å². The molecule has 1 aromatic heterocycles. The van der Waals surface area contributed by atoms with Gasteiger partial charge in [0.05, 0.1) is 29.8 Å². The van der Waals surface area contributed by atoms with E-state index in [0.29, 0.717) is 6.42 Å². The third kappa shape index (κ3) is 3.02. The molecule has 2 aromatic rings. The predicted octanol–water partition coefficient (Wildman–Crippen LogP) is 2.22. The van der Waals surface area contributed by atoms with Crippen molar-refractivity contribution in [2.45, 2.75) is 26.3 Å². The summed E-state index contributed by atoms with van der Waals surface area (Å²) in [4.78, 5) is 22.9. The quantitative estimate of drug-likeness (QED) is 0.880. The van der Waals surface area contributed by atoms with E-state index in [1.807, 2.05) is 13.8 Å². The second-order valence-corrected chi connectivity index (χ2v) is 6.09. The van der Waals surface area contributed by atoms with E-state index < -0.39 is 17.8 Å². The van der Waals surface area contributed by atoms with Gasteiger partial charge in [-0.25, -0.2) is 9.07 Å². The molecule has 7 heteroatoms. The zero-order valence-corrected chi connectivity index (χ0v) is 13.4. The van der Waals surface area contributed by atoms with E-state index in [1.165, 1.54) is 12.1 Å². The largest absolute Gasteiger partial charge is 0.481 e. The normalized spacial score (nSPS) is 20.5. The number of hydrogen-bond acceptors (Lipinski definition) is 3. The minimum absolute atomic E-state index is 0.246. The molecule has 2 N–H and O–H groups in total. The Bertz CT molecular complexity index is 785. The van der Waals surface area contributed by atoms with Crippen LogP contribution >= 0.6 is 0 Å². The molecule has 6 nitrogen and oxygen atoms in total. The van der Waals surface area contributed by atoms with Crippen LogP contribution in [0.25, 0.3) is 5.69 Å². The molecule has 3 rings (SSSR count). The second kappa shape index (κ2) is 6.07. The van der Waals surface area contributed by atoms with Gasteiger partial charge >= 0.3 is 5.97 Å². The number of carbonyl (C=O) groups is 2. The van der Waals surface area contributed by atoms with Gasteiger partial charge in [-0.3, -0.25) is 9.59 Å². The summed E-state index contributed by atoms with van der Waals surface area (Å²) >= 11 is 0. The fourth-order valence-electron chi connectivity index (χ4n) is 2.85. The molecular weight excluding hydrogens is 313 g/mol. The van der Waals surface area contributed by atoms with Crippen molar-refractivity contribution in [3.05, 3.63) is 47.5 Å². The van der Waals surface area contributed by atoms with E-state index in [1.54, 1.807) is 23.0 Å².